The fourth-order valence-electron chi connectivity index (χ4n) is 2.86. The smallest absolute Gasteiger partial charge is 0.340 e. The summed E-state index contributed by atoms with van der Waals surface area (Å²) in [5, 5.41) is 4.04. The normalized spacial score (nSPS) is 26.4. The van der Waals surface area contributed by atoms with Crippen LogP contribution in [-0.4, -0.2) is 43.7 Å². The summed E-state index contributed by atoms with van der Waals surface area (Å²) in [5.74, 6) is 0.140. The molecule has 1 aromatic rings. The molecule has 1 aromatic carbocycles. The zero-order chi connectivity index (χ0) is 15.6. The highest BCUT2D eigenvalue weighted by atomic mass is 35.5. The average molecular weight is 311 g/mol. The van der Waals surface area contributed by atoms with E-state index in [2.05, 4.69) is 31.1 Å². The predicted molar refractivity (Wildman–Crippen MR) is 86.1 cm³/mol. The van der Waals surface area contributed by atoms with Gasteiger partial charge < -0.3 is 15.0 Å². The zero-order valence-electron chi connectivity index (χ0n) is 13.0. The van der Waals surface area contributed by atoms with Crippen molar-refractivity contribution in [1.29, 1.82) is 0 Å². The molecule has 4 nitrogen and oxygen atoms in total. The van der Waals surface area contributed by atoms with E-state index in [0.717, 1.165) is 18.7 Å². The Labute approximate surface area is 131 Å². The second kappa shape index (κ2) is 6.67. The fraction of sp³-hybridized carbons (Fsp3) is 0.562. The van der Waals surface area contributed by atoms with Gasteiger partial charge in [-0.1, -0.05) is 18.5 Å². The van der Waals surface area contributed by atoms with Gasteiger partial charge in [0.15, 0.2) is 0 Å². The van der Waals surface area contributed by atoms with E-state index in [9.17, 15) is 4.79 Å². The highest BCUT2D eigenvalue weighted by molar-refractivity contribution is 6.31. The highest BCUT2D eigenvalue weighted by Crippen LogP contribution is 2.27. The molecule has 3 unspecified atom stereocenters. The maximum Gasteiger partial charge on any atom is 0.340 e. The van der Waals surface area contributed by atoms with Crippen molar-refractivity contribution in [3.05, 3.63) is 28.8 Å². The minimum Gasteiger partial charge on any atom is -0.465 e. The number of likely N-dealkylation sites (tertiary alicyclic amines) is 1. The molecule has 1 heterocycles. The Kier molecular flexibility index (Phi) is 5.12. The Morgan fingerprint density at radius 1 is 1.43 bits per heavy atom. The van der Waals surface area contributed by atoms with Crippen LogP contribution in [0.5, 0.6) is 0 Å². The molecule has 0 radical (unpaired) electrons. The van der Waals surface area contributed by atoms with Gasteiger partial charge in [-0.05, 0) is 44.5 Å². The molecule has 1 saturated heterocycles. The topological polar surface area (TPSA) is 41.6 Å². The molecule has 1 aliphatic rings. The van der Waals surface area contributed by atoms with Gasteiger partial charge in [-0.15, -0.1) is 0 Å². The maximum atomic E-state index is 11.9. The Morgan fingerprint density at radius 2 is 2.14 bits per heavy atom. The third kappa shape index (κ3) is 3.69. The van der Waals surface area contributed by atoms with Crippen LogP contribution in [0.4, 0.5) is 5.69 Å². The molecule has 0 amide bonds. The number of hydrogen-bond donors (Lipinski definition) is 1. The van der Waals surface area contributed by atoms with Crippen molar-refractivity contribution in [2.45, 2.75) is 32.4 Å². The molecule has 21 heavy (non-hydrogen) atoms. The standard InChI is InChI=1S/C16H23ClN2O2/c1-10-9-19(3)11(2)7-15(10)18-14-6-5-12(17)8-13(14)16(20)21-4/h5-6,8,10-11,15,18H,7,9H2,1-4H3. The van der Waals surface area contributed by atoms with Gasteiger partial charge in [0.05, 0.1) is 12.7 Å². The first-order chi connectivity index (χ1) is 9.92. The van der Waals surface area contributed by atoms with Crippen molar-refractivity contribution in [1.82, 2.24) is 4.90 Å². The number of rotatable bonds is 3. The second-order valence-electron chi connectivity index (χ2n) is 5.93. The van der Waals surface area contributed by atoms with E-state index in [4.69, 9.17) is 16.3 Å². The third-order valence-corrected chi connectivity index (χ3v) is 4.57. The summed E-state index contributed by atoms with van der Waals surface area (Å²) in [6.45, 7) is 5.50. The van der Waals surface area contributed by atoms with E-state index in [-0.39, 0.29) is 5.97 Å². The third-order valence-electron chi connectivity index (χ3n) is 4.34. The van der Waals surface area contributed by atoms with Crippen LogP contribution in [0.1, 0.15) is 30.6 Å². The molecule has 1 N–H and O–H groups in total. The Morgan fingerprint density at radius 3 is 2.81 bits per heavy atom. The van der Waals surface area contributed by atoms with Crippen molar-refractivity contribution in [2.75, 3.05) is 26.0 Å². The predicted octanol–water partition coefficient (Wildman–Crippen LogP) is 3.27. The van der Waals surface area contributed by atoms with Crippen LogP contribution >= 0.6 is 11.6 Å². The number of nitrogens with zero attached hydrogens (tertiary/aromatic N) is 1. The Balaban J connectivity index is 2.21. The van der Waals surface area contributed by atoms with Gasteiger partial charge in [0.2, 0.25) is 0 Å². The lowest BCUT2D eigenvalue weighted by Gasteiger charge is -2.40. The first-order valence-electron chi connectivity index (χ1n) is 7.27. The van der Waals surface area contributed by atoms with E-state index in [1.807, 2.05) is 6.07 Å². The van der Waals surface area contributed by atoms with Crippen LogP contribution in [-0.2, 0) is 4.74 Å². The summed E-state index contributed by atoms with van der Waals surface area (Å²) in [5.41, 5.74) is 1.28. The molecular formula is C16H23ClN2O2. The Bertz CT molecular complexity index is 521. The van der Waals surface area contributed by atoms with Crippen LogP contribution in [0.15, 0.2) is 18.2 Å². The zero-order valence-corrected chi connectivity index (χ0v) is 13.8. The quantitative estimate of drug-likeness (QED) is 0.870. The number of carbonyl (C=O) groups excluding carboxylic acids is 1. The van der Waals surface area contributed by atoms with Gasteiger partial charge in [0.25, 0.3) is 0 Å². The number of hydrogen-bond acceptors (Lipinski definition) is 4. The van der Waals surface area contributed by atoms with Crippen LogP contribution in [0.25, 0.3) is 0 Å². The van der Waals surface area contributed by atoms with Crippen molar-refractivity contribution in [3.8, 4) is 0 Å². The van der Waals surface area contributed by atoms with E-state index in [1.54, 1.807) is 12.1 Å². The number of halogens is 1. The maximum absolute atomic E-state index is 11.9. The van der Waals surface area contributed by atoms with E-state index < -0.39 is 0 Å². The van der Waals surface area contributed by atoms with Gasteiger partial charge >= 0.3 is 5.97 Å². The summed E-state index contributed by atoms with van der Waals surface area (Å²) in [6.07, 6.45) is 1.04. The minimum absolute atomic E-state index is 0.334. The lowest BCUT2D eigenvalue weighted by Crippen LogP contribution is -2.48. The number of anilines is 1. The number of benzene rings is 1. The average Bonchev–Trinajstić information content (AvgIpc) is 2.45. The van der Waals surface area contributed by atoms with E-state index >= 15 is 0 Å². The summed E-state index contributed by atoms with van der Waals surface area (Å²) >= 11 is 5.99. The monoisotopic (exact) mass is 310 g/mol. The number of ether oxygens (including phenoxy) is 1. The van der Waals surface area contributed by atoms with Crippen molar-refractivity contribution < 1.29 is 9.53 Å². The van der Waals surface area contributed by atoms with E-state index in [0.29, 0.717) is 28.6 Å². The molecule has 0 aromatic heterocycles. The van der Waals surface area contributed by atoms with Crippen LogP contribution in [0.2, 0.25) is 5.02 Å². The van der Waals surface area contributed by atoms with Gasteiger partial charge in [-0.25, -0.2) is 4.79 Å². The van der Waals surface area contributed by atoms with Crippen molar-refractivity contribution >= 4 is 23.3 Å². The summed E-state index contributed by atoms with van der Waals surface area (Å²) in [4.78, 5) is 14.3. The molecule has 0 spiro atoms. The lowest BCUT2D eigenvalue weighted by atomic mass is 9.89. The van der Waals surface area contributed by atoms with Gasteiger partial charge in [-0.2, -0.15) is 0 Å². The number of carbonyl (C=O) groups is 1. The van der Waals surface area contributed by atoms with Gasteiger partial charge in [0, 0.05) is 29.3 Å². The number of nitrogens with one attached hydrogen (secondary N) is 1. The van der Waals surface area contributed by atoms with Gasteiger partial charge in [-0.3, -0.25) is 0 Å². The van der Waals surface area contributed by atoms with Crippen LogP contribution in [0, 0.1) is 5.92 Å². The number of piperidine rings is 1. The van der Waals surface area contributed by atoms with Gasteiger partial charge in [0.1, 0.15) is 0 Å². The number of esters is 1. The second-order valence-corrected chi connectivity index (χ2v) is 6.37. The van der Waals surface area contributed by atoms with Crippen LogP contribution < -0.4 is 5.32 Å². The van der Waals surface area contributed by atoms with Crippen molar-refractivity contribution in [2.24, 2.45) is 5.92 Å². The molecule has 3 atom stereocenters. The fourth-order valence-corrected chi connectivity index (χ4v) is 3.04. The molecule has 1 fully saturated rings. The molecule has 0 saturated carbocycles. The summed E-state index contributed by atoms with van der Waals surface area (Å²) in [6, 6.07) is 6.15. The molecule has 5 heteroatoms. The molecule has 1 aliphatic heterocycles. The van der Waals surface area contributed by atoms with E-state index in [1.165, 1.54) is 7.11 Å². The largest absolute Gasteiger partial charge is 0.465 e. The lowest BCUT2D eigenvalue weighted by molar-refractivity contribution is 0.0601. The van der Waals surface area contributed by atoms with Crippen molar-refractivity contribution in [3.63, 3.8) is 0 Å². The number of methoxy groups -OCH3 is 1. The van der Waals surface area contributed by atoms with Crippen LogP contribution in [0.3, 0.4) is 0 Å². The Hall–Kier alpha value is -1.26. The minimum atomic E-state index is -0.367. The highest BCUT2D eigenvalue weighted by Gasteiger charge is 2.29. The molecule has 116 valence electrons. The molecule has 0 aliphatic carbocycles. The summed E-state index contributed by atoms with van der Waals surface area (Å²) < 4.78 is 4.84. The first kappa shape index (κ1) is 16.1. The summed E-state index contributed by atoms with van der Waals surface area (Å²) in [7, 11) is 3.53. The molecular weight excluding hydrogens is 288 g/mol. The first-order valence-corrected chi connectivity index (χ1v) is 7.64. The SMILES string of the molecule is COC(=O)c1cc(Cl)ccc1NC1CC(C)N(C)CC1C. The molecule has 2 rings (SSSR count). The molecule has 0 bridgehead atoms.